The number of carbonyl (C=O) groups is 2. The maximum absolute atomic E-state index is 13.0. The first-order valence-electron chi connectivity index (χ1n) is 10.7. The zero-order chi connectivity index (χ0) is 22.0. The molecule has 31 heavy (non-hydrogen) atoms. The van der Waals surface area contributed by atoms with Gasteiger partial charge in [0.2, 0.25) is 5.91 Å². The highest BCUT2D eigenvalue weighted by Crippen LogP contribution is 2.23. The Morgan fingerprint density at radius 1 is 0.935 bits per heavy atom. The van der Waals surface area contributed by atoms with Gasteiger partial charge in [-0.05, 0) is 50.2 Å². The second kappa shape index (κ2) is 9.24. The van der Waals surface area contributed by atoms with Crippen LogP contribution in [0.2, 0.25) is 5.02 Å². The smallest absolute Gasteiger partial charge is 0.270 e. The monoisotopic (exact) mass is 441 g/mol. The van der Waals surface area contributed by atoms with E-state index in [9.17, 15) is 9.59 Å². The van der Waals surface area contributed by atoms with Gasteiger partial charge >= 0.3 is 0 Å². The van der Waals surface area contributed by atoms with E-state index in [1.54, 1.807) is 24.3 Å². The molecule has 2 aliphatic rings. The molecule has 0 spiro atoms. The van der Waals surface area contributed by atoms with Crippen molar-refractivity contribution in [3.8, 4) is 0 Å². The summed E-state index contributed by atoms with van der Waals surface area (Å²) in [5.41, 5.74) is 3.63. The lowest BCUT2D eigenvalue weighted by Crippen LogP contribution is -2.52. The molecule has 164 valence electrons. The Labute approximate surface area is 187 Å². The molecule has 2 aliphatic heterocycles. The number of benzene rings is 1. The van der Waals surface area contributed by atoms with Gasteiger partial charge < -0.3 is 9.47 Å². The molecule has 0 saturated carbocycles. The van der Waals surface area contributed by atoms with Gasteiger partial charge in [-0.1, -0.05) is 11.6 Å². The van der Waals surface area contributed by atoms with Crippen LogP contribution in [-0.4, -0.2) is 64.6 Å². The first kappa shape index (κ1) is 21.6. The molecule has 1 aromatic heterocycles. The summed E-state index contributed by atoms with van der Waals surface area (Å²) < 4.78 is 2.33. The molecule has 1 saturated heterocycles. The zero-order valence-corrected chi connectivity index (χ0v) is 18.8. The van der Waals surface area contributed by atoms with Crippen LogP contribution in [0.4, 0.5) is 5.69 Å². The first-order valence-corrected chi connectivity index (χ1v) is 11.1. The number of hydrazone groups is 1. The van der Waals surface area contributed by atoms with Crippen LogP contribution in [0, 0.1) is 13.8 Å². The number of aromatic nitrogens is 1. The average molecular weight is 442 g/mol. The minimum Gasteiger partial charge on any atom is -0.348 e. The van der Waals surface area contributed by atoms with Crippen LogP contribution in [0.5, 0.6) is 0 Å². The van der Waals surface area contributed by atoms with Crippen molar-refractivity contribution < 1.29 is 9.59 Å². The van der Waals surface area contributed by atoms with Crippen LogP contribution in [0.15, 0.2) is 41.5 Å². The lowest BCUT2D eigenvalue weighted by Gasteiger charge is -2.35. The molecule has 3 heterocycles. The van der Waals surface area contributed by atoms with Gasteiger partial charge in [0.25, 0.3) is 5.91 Å². The quantitative estimate of drug-likeness (QED) is 0.716. The van der Waals surface area contributed by atoms with Crippen molar-refractivity contribution in [1.82, 2.24) is 14.4 Å². The number of amides is 2. The van der Waals surface area contributed by atoms with Gasteiger partial charge in [0.05, 0.1) is 5.69 Å². The Morgan fingerprint density at radius 3 is 2.23 bits per heavy atom. The number of rotatable bonds is 5. The van der Waals surface area contributed by atoms with Crippen molar-refractivity contribution in [2.75, 3.05) is 37.7 Å². The van der Waals surface area contributed by atoms with Crippen LogP contribution in [0.25, 0.3) is 0 Å². The SMILES string of the molecule is Cc1ccc(C)n1CCN1CCN(C(=O)C2=NN(c3ccc(Cl)cc3)C(=O)CC2)CC1. The number of nitrogens with zero attached hydrogens (tertiary/aromatic N) is 5. The summed E-state index contributed by atoms with van der Waals surface area (Å²) in [7, 11) is 0. The number of hydrogen-bond acceptors (Lipinski definition) is 4. The van der Waals surface area contributed by atoms with Crippen LogP contribution >= 0.6 is 11.6 Å². The van der Waals surface area contributed by atoms with Gasteiger partial charge in [-0.2, -0.15) is 5.10 Å². The number of carbonyl (C=O) groups excluding carboxylic acids is 2. The summed E-state index contributed by atoms with van der Waals surface area (Å²) in [6.07, 6.45) is 0.664. The largest absolute Gasteiger partial charge is 0.348 e. The van der Waals surface area contributed by atoms with Gasteiger partial charge in [-0.25, -0.2) is 5.01 Å². The zero-order valence-electron chi connectivity index (χ0n) is 18.1. The highest BCUT2D eigenvalue weighted by molar-refractivity contribution is 6.40. The van der Waals surface area contributed by atoms with Crippen molar-refractivity contribution in [3.63, 3.8) is 0 Å². The van der Waals surface area contributed by atoms with E-state index < -0.39 is 0 Å². The molecule has 0 atom stereocenters. The molecule has 0 N–H and O–H groups in total. The first-order chi connectivity index (χ1) is 14.9. The third-order valence-corrected chi connectivity index (χ3v) is 6.32. The molecular weight excluding hydrogens is 414 g/mol. The Morgan fingerprint density at radius 2 is 1.58 bits per heavy atom. The highest BCUT2D eigenvalue weighted by Gasteiger charge is 2.30. The van der Waals surface area contributed by atoms with E-state index in [-0.39, 0.29) is 18.2 Å². The third-order valence-electron chi connectivity index (χ3n) is 6.07. The van der Waals surface area contributed by atoms with E-state index in [4.69, 9.17) is 11.6 Å². The number of hydrogen-bond donors (Lipinski definition) is 0. The minimum atomic E-state index is -0.112. The maximum atomic E-state index is 13.0. The number of anilines is 1. The molecule has 0 aliphatic carbocycles. The summed E-state index contributed by atoms with van der Waals surface area (Å²) in [5, 5.41) is 6.31. The average Bonchev–Trinajstić information content (AvgIpc) is 3.10. The minimum absolute atomic E-state index is 0.0665. The van der Waals surface area contributed by atoms with Crippen LogP contribution in [0.1, 0.15) is 24.2 Å². The van der Waals surface area contributed by atoms with E-state index in [1.807, 2.05) is 4.90 Å². The predicted octanol–water partition coefficient (Wildman–Crippen LogP) is 3.09. The molecule has 2 amide bonds. The molecule has 7 nitrogen and oxygen atoms in total. The molecule has 0 unspecified atom stereocenters. The normalized spacial score (nSPS) is 17.8. The van der Waals surface area contributed by atoms with Crippen molar-refractivity contribution in [3.05, 3.63) is 52.8 Å². The lowest BCUT2D eigenvalue weighted by molar-refractivity contribution is -0.126. The Kier molecular flexibility index (Phi) is 6.43. The fourth-order valence-corrected chi connectivity index (χ4v) is 4.27. The van der Waals surface area contributed by atoms with E-state index in [2.05, 4.69) is 40.5 Å². The Hall–Kier alpha value is -2.64. The van der Waals surface area contributed by atoms with Crippen molar-refractivity contribution in [2.24, 2.45) is 5.10 Å². The molecule has 4 rings (SSSR count). The third kappa shape index (κ3) is 4.83. The second-order valence-corrected chi connectivity index (χ2v) is 8.57. The fourth-order valence-electron chi connectivity index (χ4n) is 4.14. The summed E-state index contributed by atoms with van der Waals surface area (Å²) in [6.45, 7) is 9.24. The van der Waals surface area contributed by atoms with Crippen LogP contribution < -0.4 is 5.01 Å². The molecule has 1 fully saturated rings. The van der Waals surface area contributed by atoms with E-state index in [0.717, 1.165) is 26.2 Å². The van der Waals surface area contributed by atoms with Gasteiger partial charge in [-0.3, -0.25) is 14.5 Å². The van der Waals surface area contributed by atoms with Crippen LogP contribution in [0.3, 0.4) is 0 Å². The summed E-state index contributed by atoms with van der Waals surface area (Å²) >= 11 is 5.94. The van der Waals surface area contributed by atoms with Crippen molar-refractivity contribution in [1.29, 1.82) is 0 Å². The van der Waals surface area contributed by atoms with Gasteiger partial charge in [-0.15, -0.1) is 0 Å². The summed E-state index contributed by atoms with van der Waals surface area (Å²) in [4.78, 5) is 29.6. The molecule has 8 heteroatoms. The van der Waals surface area contributed by atoms with Gasteiger partial charge in [0.1, 0.15) is 5.71 Å². The molecule has 0 bridgehead atoms. The second-order valence-electron chi connectivity index (χ2n) is 8.13. The van der Waals surface area contributed by atoms with Crippen LogP contribution in [-0.2, 0) is 16.1 Å². The maximum Gasteiger partial charge on any atom is 0.270 e. The Balaban J connectivity index is 1.35. The predicted molar refractivity (Wildman–Crippen MR) is 123 cm³/mol. The number of halogens is 1. The Bertz CT molecular complexity index is 970. The van der Waals surface area contributed by atoms with E-state index in [0.29, 0.717) is 35.9 Å². The van der Waals surface area contributed by atoms with E-state index >= 15 is 0 Å². The van der Waals surface area contributed by atoms with Crippen molar-refractivity contribution >= 4 is 34.8 Å². The molecular formula is C23H28ClN5O2. The summed E-state index contributed by atoms with van der Waals surface area (Å²) in [5.74, 6) is -0.178. The molecule has 2 aromatic rings. The topological polar surface area (TPSA) is 61.2 Å². The van der Waals surface area contributed by atoms with Crippen molar-refractivity contribution in [2.45, 2.75) is 33.2 Å². The van der Waals surface area contributed by atoms with Gasteiger partial charge in [0.15, 0.2) is 0 Å². The molecule has 0 radical (unpaired) electrons. The number of piperazine rings is 1. The standard InChI is InChI=1S/C23H28ClN5O2/c1-17-3-4-18(2)28(17)16-13-26-11-14-27(15-12-26)23(31)21-9-10-22(30)29(25-21)20-7-5-19(24)6-8-20/h3-8H,9-16H2,1-2H3. The lowest BCUT2D eigenvalue weighted by atomic mass is 10.1. The summed E-state index contributed by atoms with van der Waals surface area (Å²) in [6, 6.07) is 11.2. The highest BCUT2D eigenvalue weighted by atomic mass is 35.5. The van der Waals surface area contributed by atoms with Gasteiger partial charge in [0, 0.05) is 68.5 Å². The van der Waals surface area contributed by atoms with E-state index in [1.165, 1.54) is 16.4 Å². The fraction of sp³-hybridized carbons (Fsp3) is 0.435. The number of aryl methyl sites for hydroxylation is 2. The molecule has 1 aromatic carbocycles.